The number of para-hydroxylation sites is 1. The average molecular weight is 301 g/mol. The zero-order chi connectivity index (χ0) is 14.7. The Morgan fingerprint density at radius 3 is 2.86 bits per heavy atom. The fourth-order valence-corrected chi connectivity index (χ4v) is 2.59. The Morgan fingerprint density at radius 2 is 2.05 bits per heavy atom. The summed E-state index contributed by atoms with van der Waals surface area (Å²) in [6.07, 6.45) is 7.26. The van der Waals surface area contributed by atoms with Gasteiger partial charge in [-0.3, -0.25) is 4.98 Å². The van der Waals surface area contributed by atoms with Crippen LogP contribution in [0.5, 0.6) is 0 Å². The van der Waals surface area contributed by atoms with Crippen LogP contribution in [0.15, 0.2) is 48.9 Å². The molecule has 0 unspecified atom stereocenters. The fourth-order valence-electron chi connectivity index (χ4n) is 2.41. The molecule has 0 N–H and O–H groups in total. The highest BCUT2D eigenvalue weighted by Crippen LogP contribution is 2.25. The molecule has 108 valence electrons. The second kappa shape index (κ2) is 6.19. The minimum absolute atomic E-state index is 0.698. The molecule has 4 heteroatoms. The molecule has 21 heavy (non-hydrogen) atoms. The third-order valence-corrected chi connectivity index (χ3v) is 3.77. The van der Waals surface area contributed by atoms with Crippen LogP contribution in [-0.2, 0) is 6.42 Å². The normalized spacial score (nSPS) is 11.0. The van der Waals surface area contributed by atoms with Crippen molar-refractivity contribution >= 4 is 22.5 Å². The molecule has 0 aliphatic rings. The smallest absolute Gasteiger partial charge is 0.114 e. The lowest BCUT2D eigenvalue weighted by atomic mass is 10.1. The molecule has 0 saturated heterocycles. The second-order valence-electron chi connectivity index (χ2n) is 4.97. The quantitative estimate of drug-likeness (QED) is 0.709. The summed E-state index contributed by atoms with van der Waals surface area (Å²) in [5, 5.41) is 1.89. The van der Waals surface area contributed by atoms with Crippen LogP contribution < -0.4 is 4.84 Å². The summed E-state index contributed by atoms with van der Waals surface area (Å²) >= 11 is 6.22. The molecule has 0 spiro atoms. The van der Waals surface area contributed by atoms with Gasteiger partial charge < -0.3 is 4.84 Å². The van der Waals surface area contributed by atoms with Crippen LogP contribution >= 0.6 is 11.6 Å². The zero-order valence-electron chi connectivity index (χ0n) is 11.9. The van der Waals surface area contributed by atoms with Crippen molar-refractivity contribution in [2.24, 2.45) is 0 Å². The molecule has 0 amide bonds. The Bertz CT molecular complexity index is 751. The van der Waals surface area contributed by atoms with Crippen molar-refractivity contribution in [2.45, 2.75) is 19.8 Å². The SMILES string of the molecule is CCCOn1cc(Cc2ccncc2Cl)c2ccccc21. The van der Waals surface area contributed by atoms with Crippen molar-refractivity contribution in [1.29, 1.82) is 0 Å². The van der Waals surface area contributed by atoms with Gasteiger partial charge in [-0.25, -0.2) is 0 Å². The van der Waals surface area contributed by atoms with Gasteiger partial charge in [0.25, 0.3) is 0 Å². The van der Waals surface area contributed by atoms with Gasteiger partial charge in [0.15, 0.2) is 0 Å². The van der Waals surface area contributed by atoms with Gasteiger partial charge in [-0.1, -0.05) is 36.7 Å². The Labute approximate surface area is 129 Å². The van der Waals surface area contributed by atoms with Crippen LogP contribution in [0, 0.1) is 0 Å². The van der Waals surface area contributed by atoms with Crippen molar-refractivity contribution in [2.75, 3.05) is 6.61 Å². The number of benzene rings is 1. The van der Waals surface area contributed by atoms with E-state index >= 15 is 0 Å². The number of pyridine rings is 1. The Morgan fingerprint density at radius 1 is 1.19 bits per heavy atom. The number of halogens is 1. The summed E-state index contributed by atoms with van der Waals surface area (Å²) in [4.78, 5) is 9.82. The molecule has 0 aliphatic heterocycles. The van der Waals surface area contributed by atoms with Gasteiger partial charge in [-0.15, -0.1) is 0 Å². The van der Waals surface area contributed by atoms with Crippen LogP contribution in [0.1, 0.15) is 24.5 Å². The van der Waals surface area contributed by atoms with E-state index in [1.54, 1.807) is 12.4 Å². The molecule has 0 radical (unpaired) electrons. The van der Waals surface area contributed by atoms with Crippen LogP contribution in [-0.4, -0.2) is 16.3 Å². The summed E-state index contributed by atoms with van der Waals surface area (Å²) in [5.41, 5.74) is 3.37. The maximum Gasteiger partial charge on any atom is 0.114 e. The number of hydrogen-bond donors (Lipinski definition) is 0. The molecule has 3 rings (SSSR count). The van der Waals surface area contributed by atoms with Crippen molar-refractivity contribution < 1.29 is 4.84 Å². The second-order valence-corrected chi connectivity index (χ2v) is 5.38. The van der Waals surface area contributed by atoms with Gasteiger partial charge in [-0.2, -0.15) is 4.73 Å². The monoisotopic (exact) mass is 300 g/mol. The summed E-state index contributed by atoms with van der Waals surface area (Å²) in [7, 11) is 0. The zero-order valence-corrected chi connectivity index (χ0v) is 12.7. The molecule has 2 heterocycles. The van der Waals surface area contributed by atoms with Gasteiger partial charge in [0.2, 0.25) is 0 Å². The maximum absolute atomic E-state index is 6.22. The minimum Gasteiger partial charge on any atom is -0.414 e. The first kappa shape index (κ1) is 14.0. The predicted octanol–water partition coefficient (Wildman–Crippen LogP) is 4.12. The van der Waals surface area contributed by atoms with Crippen molar-refractivity contribution in [3.05, 3.63) is 65.1 Å². The van der Waals surface area contributed by atoms with Crippen LogP contribution in [0.4, 0.5) is 0 Å². The first-order chi connectivity index (χ1) is 10.3. The lowest BCUT2D eigenvalue weighted by Gasteiger charge is -2.05. The third kappa shape index (κ3) is 2.88. The van der Waals surface area contributed by atoms with Crippen molar-refractivity contribution in [3.8, 4) is 0 Å². The van der Waals surface area contributed by atoms with Gasteiger partial charge in [0.1, 0.15) is 6.61 Å². The summed E-state index contributed by atoms with van der Waals surface area (Å²) in [6.45, 7) is 2.80. The highest BCUT2D eigenvalue weighted by molar-refractivity contribution is 6.31. The number of aromatic nitrogens is 2. The van der Waals surface area contributed by atoms with Crippen molar-refractivity contribution in [1.82, 2.24) is 9.71 Å². The first-order valence-electron chi connectivity index (χ1n) is 7.10. The Balaban J connectivity index is 2.00. The highest BCUT2D eigenvalue weighted by atomic mass is 35.5. The molecule has 0 saturated carbocycles. The van der Waals surface area contributed by atoms with E-state index in [1.165, 1.54) is 10.9 Å². The molecule has 0 bridgehead atoms. The van der Waals surface area contributed by atoms with Gasteiger partial charge in [-0.05, 0) is 29.7 Å². The molecule has 0 aliphatic carbocycles. The van der Waals surface area contributed by atoms with Gasteiger partial charge in [0.05, 0.1) is 10.5 Å². The fraction of sp³-hybridized carbons (Fsp3) is 0.235. The van der Waals surface area contributed by atoms with Crippen LogP contribution in [0.3, 0.4) is 0 Å². The van der Waals surface area contributed by atoms with E-state index in [9.17, 15) is 0 Å². The topological polar surface area (TPSA) is 27.1 Å². The van der Waals surface area contributed by atoms with Gasteiger partial charge >= 0.3 is 0 Å². The highest BCUT2D eigenvalue weighted by Gasteiger charge is 2.11. The molecule has 0 atom stereocenters. The van der Waals surface area contributed by atoms with Gasteiger partial charge in [0, 0.05) is 30.4 Å². The third-order valence-electron chi connectivity index (χ3n) is 3.43. The van der Waals surface area contributed by atoms with E-state index in [0.29, 0.717) is 11.6 Å². The van der Waals surface area contributed by atoms with E-state index in [2.05, 4.69) is 30.2 Å². The maximum atomic E-state index is 6.22. The van der Waals surface area contributed by atoms with Crippen molar-refractivity contribution in [3.63, 3.8) is 0 Å². The van der Waals surface area contributed by atoms with E-state index in [0.717, 1.165) is 23.9 Å². The molecular weight excluding hydrogens is 284 g/mol. The predicted molar refractivity (Wildman–Crippen MR) is 85.7 cm³/mol. The summed E-state index contributed by atoms with van der Waals surface area (Å²) in [6, 6.07) is 10.2. The Kier molecular flexibility index (Phi) is 4.11. The van der Waals surface area contributed by atoms with E-state index in [1.807, 2.05) is 22.9 Å². The number of nitrogens with zero attached hydrogens (tertiary/aromatic N) is 2. The molecule has 0 fully saturated rings. The summed E-state index contributed by atoms with van der Waals surface area (Å²) < 4.78 is 1.86. The van der Waals surface area contributed by atoms with E-state index in [-0.39, 0.29) is 0 Å². The van der Waals surface area contributed by atoms with E-state index in [4.69, 9.17) is 16.4 Å². The average Bonchev–Trinajstić information content (AvgIpc) is 2.86. The molecule has 1 aromatic carbocycles. The largest absolute Gasteiger partial charge is 0.414 e. The first-order valence-corrected chi connectivity index (χ1v) is 7.48. The number of hydrogen-bond acceptors (Lipinski definition) is 2. The number of rotatable bonds is 5. The van der Waals surface area contributed by atoms with E-state index < -0.39 is 0 Å². The molecular formula is C17H17ClN2O. The molecule has 3 aromatic rings. The molecule has 2 aromatic heterocycles. The Hall–Kier alpha value is -2.00. The van der Waals surface area contributed by atoms with Crippen LogP contribution in [0.2, 0.25) is 5.02 Å². The summed E-state index contributed by atoms with van der Waals surface area (Å²) in [5.74, 6) is 0. The number of fused-ring (bicyclic) bond motifs is 1. The lowest BCUT2D eigenvalue weighted by Crippen LogP contribution is -2.10. The molecule has 3 nitrogen and oxygen atoms in total. The minimum atomic E-state index is 0.698. The standard InChI is InChI=1S/C17H17ClN2O/c1-2-9-21-20-12-14(15-5-3-4-6-17(15)20)10-13-7-8-19-11-16(13)18/h3-8,11-12H,2,9-10H2,1H3. The lowest BCUT2D eigenvalue weighted by molar-refractivity contribution is 0.120. The van der Waals surface area contributed by atoms with Crippen LogP contribution in [0.25, 0.3) is 10.9 Å².